The second-order valence-electron chi connectivity index (χ2n) is 13.1. The smallest absolute Gasteiger partial charge is 0.424 e. The van der Waals surface area contributed by atoms with Crippen LogP contribution in [0.5, 0.6) is 0 Å². The van der Waals surface area contributed by atoms with Crippen molar-refractivity contribution in [3.63, 3.8) is 0 Å². The number of hydrogen-bond acceptors (Lipinski definition) is 12. The van der Waals surface area contributed by atoms with Crippen LogP contribution in [0.1, 0.15) is 70.2 Å². The number of amides is 2. The van der Waals surface area contributed by atoms with Crippen LogP contribution in [0.4, 0.5) is 15.3 Å². The number of pyridine rings is 2. The van der Waals surface area contributed by atoms with Gasteiger partial charge in [-0.2, -0.15) is 9.58 Å². The van der Waals surface area contributed by atoms with Crippen molar-refractivity contribution >= 4 is 41.2 Å². The molecule has 0 N–H and O–H groups in total. The van der Waals surface area contributed by atoms with Gasteiger partial charge >= 0.3 is 18.2 Å². The number of hydrogen-bond donors (Lipinski definition) is 0. The first-order valence-electron chi connectivity index (χ1n) is 15.2. The zero-order valence-electron chi connectivity index (χ0n) is 27.7. The monoisotopic (exact) mass is 691 g/mol. The summed E-state index contributed by atoms with van der Waals surface area (Å²) in [5.41, 5.74) is 0.0700. The maximum Gasteiger partial charge on any atom is 0.424 e. The van der Waals surface area contributed by atoms with Gasteiger partial charge in [0.15, 0.2) is 6.61 Å². The van der Waals surface area contributed by atoms with Gasteiger partial charge in [-0.1, -0.05) is 11.6 Å². The minimum atomic E-state index is -0.990. The number of carbonyl (C=O) groups excluding carboxylic acids is 4. The molecule has 4 heterocycles. The molecule has 15 nitrogen and oxygen atoms in total. The molecular formula is C33H34ClN7O8. The molecule has 0 unspecified atom stereocenters. The van der Waals surface area contributed by atoms with Gasteiger partial charge in [-0.15, -0.1) is 5.10 Å². The molecule has 0 saturated heterocycles. The molecule has 5 rings (SSSR count). The van der Waals surface area contributed by atoms with Gasteiger partial charge in [0.2, 0.25) is 5.78 Å². The van der Waals surface area contributed by atoms with Crippen LogP contribution in [-0.2, 0) is 25.4 Å². The molecule has 1 aliphatic rings. The number of carbonyl (C=O) groups is 4. The van der Waals surface area contributed by atoms with Crippen molar-refractivity contribution in [2.45, 2.75) is 71.6 Å². The molecule has 1 aromatic carbocycles. The van der Waals surface area contributed by atoms with E-state index in [4.69, 9.17) is 25.8 Å². The zero-order chi connectivity index (χ0) is 35.7. The lowest BCUT2D eigenvalue weighted by atomic mass is 10.0. The number of esters is 1. The van der Waals surface area contributed by atoms with Crippen molar-refractivity contribution in [3.8, 4) is 16.8 Å². The highest BCUT2D eigenvalue weighted by atomic mass is 35.5. The summed E-state index contributed by atoms with van der Waals surface area (Å²) in [6.07, 6.45) is 1.28. The van der Waals surface area contributed by atoms with Crippen molar-refractivity contribution in [1.29, 1.82) is 0 Å². The van der Waals surface area contributed by atoms with E-state index in [0.29, 0.717) is 45.3 Å². The van der Waals surface area contributed by atoms with Gasteiger partial charge < -0.3 is 14.2 Å². The van der Waals surface area contributed by atoms with Crippen LogP contribution >= 0.6 is 11.6 Å². The Labute approximate surface area is 285 Å². The van der Waals surface area contributed by atoms with E-state index in [9.17, 15) is 24.0 Å². The number of halogens is 1. The summed E-state index contributed by atoms with van der Waals surface area (Å²) in [6, 6.07) is 9.97. The fourth-order valence-electron chi connectivity index (χ4n) is 5.08. The van der Waals surface area contributed by atoms with Crippen LogP contribution in [0.3, 0.4) is 0 Å². The third kappa shape index (κ3) is 8.17. The number of aromatic nitrogens is 6. The van der Waals surface area contributed by atoms with Gasteiger partial charge in [-0.3, -0.25) is 19.1 Å². The van der Waals surface area contributed by atoms with E-state index >= 15 is 0 Å². The van der Waals surface area contributed by atoms with E-state index in [1.54, 1.807) is 65.8 Å². The van der Waals surface area contributed by atoms with Crippen LogP contribution < -0.4 is 10.5 Å². The predicted octanol–water partition coefficient (Wildman–Crippen LogP) is 5.13. The number of ether oxygens (including phenoxy) is 3. The molecule has 1 atom stereocenters. The van der Waals surface area contributed by atoms with Gasteiger partial charge in [0.25, 0.3) is 5.56 Å². The van der Waals surface area contributed by atoms with Crippen LogP contribution in [0.2, 0.25) is 5.02 Å². The Bertz CT molecular complexity index is 1930. The molecule has 16 heteroatoms. The number of nitrogens with zero attached hydrogens (tertiary/aromatic N) is 7. The van der Waals surface area contributed by atoms with Gasteiger partial charge in [0, 0.05) is 22.3 Å². The second-order valence-corrected chi connectivity index (χ2v) is 13.6. The Kier molecular flexibility index (Phi) is 9.67. The van der Waals surface area contributed by atoms with Gasteiger partial charge in [0.1, 0.15) is 29.3 Å². The summed E-state index contributed by atoms with van der Waals surface area (Å²) < 4.78 is 18.9. The van der Waals surface area contributed by atoms with Crippen molar-refractivity contribution in [2.24, 2.45) is 0 Å². The van der Waals surface area contributed by atoms with E-state index in [2.05, 4.69) is 20.5 Å². The Morgan fingerprint density at radius 1 is 0.959 bits per heavy atom. The number of fused-ring (bicyclic) bond motifs is 1. The molecule has 4 aromatic rings. The third-order valence-corrected chi connectivity index (χ3v) is 7.30. The minimum Gasteiger partial charge on any atom is -0.456 e. The lowest BCUT2D eigenvalue weighted by Gasteiger charge is -2.28. The molecule has 49 heavy (non-hydrogen) atoms. The summed E-state index contributed by atoms with van der Waals surface area (Å²) >= 11 is 6.27. The zero-order valence-corrected chi connectivity index (χ0v) is 28.4. The Balaban J connectivity index is 1.28. The summed E-state index contributed by atoms with van der Waals surface area (Å²) in [5.74, 6) is -1.39. The molecule has 2 amide bonds. The number of Topliss-reactive ketones (excluding diaryl/α,β-unsaturated/α-hetero) is 1. The summed E-state index contributed by atoms with van der Waals surface area (Å²) in [4.78, 5) is 69.9. The highest BCUT2D eigenvalue weighted by molar-refractivity contribution is 6.31. The van der Waals surface area contributed by atoms with Crippen LogP contribution in [0.25, 0.3) is 16.8 Å². The Hall–Kier alpha value is -5.44. The van der Waals surface area contributed by atoms with E-state index in [-0.39, 0.29) is 11.4 Å². The number of tetrazole rings is 1. The predicted molar refractivity (Wildman–Crippen MR) is 176 cm³/mol. The fourth-order valence-corrected chi connectivity index (χ4v) is 5.25. The summed E-state index contributed by atoms with van der Waals surface area (Å²) in [6.45, 7) is 9.23. The average Bonchev–Trinajstić information content (AvgIpc) is 3.69. The molecule has 0 aliphatic carbocycles. The number of benzene rings is 1. The molecule has 0 radical (unpaired) electrons. The molecule has 1 aliphatic heterocycles. The molecule has 3 aromatic heterocycles. The maximum atomic E-state index is 13.3. The summed E-state index contributed by atoms with van der Waals surface area (Å²) in [5, 5.41) is 11.7. The fraction of sp³-hybridized carbons (Fsp3) is 0.364. The standard InChI is InChI=1S/C33H34ClN7O8/c1-32(2,3)48-30(45)41(31(46)49-33(4,5)6)22-8-10-24(35-16-22)27(42)17-47-29(44)26-12-9-21-13-19(14-28(43)40(21)26)23-15-20(34)7-11-25(23)39-18-36-37-38-39/h7-8,10-11,13-16,18,26H,9,12,17H2,1-6H3/t26-/m0/s1. The third-order valence-electron chi connectivity index (χ3n) is 7.06. The highest BCUT2D eigenvalue weighted by Gasteiger charge is 2.34. The molecule has 256 valence electrons. The SMILES string of the molecule is CC(C)(C)OC(=O)N(C(=O)OC(C)(C)C)c1ccc(C(=O)COC(=O)[C@@H]2CCc3cc(-c4cc(Cl)ccc4-n4cnnn4)cc(=O)n32)nc1. The Morgan fingerprint density at radius 3 is 2.24 bits per heavy atom. The molecule has 0 saturated carbocycles. The van der Waals surface area contributed by atoms with Crippen LogP contribution in [0, 0.1) is 0 Å². The first-order valence-corrected chi connectivity index (χ1v) is 15.6. The molecular weight excluding hydrogens is 658 g/mol. The average molecular weight is 692 g/mol. The van der Waals surface area contributed by atoms with E-state index in [0.717, 1.165) is 6.20 Å². The van der Waals surface area contributed by atoms with Crippen molar-refractivity contribution < 1.29 is 33.4 Å². The number of imide groups is 1. The first-order chi connectivity index (χ1) is 23.0. The van der Waals surface area contributed by atoms with E-state index < -0.39 is 53.3 Å². The number of ketones is 1. The van der Waals surface area contributed by atoms with E-state index in [1.165, 1.54) is 33.8 Å². The quantitative estimate of drug-likeness (QED) is 0.142. The second kappa shape index (κ2) is 13.6. The minimum absolute atomic E-state index is 0.00111. The van der Waals surface area contributed by atoms with Crippen molar-refractivity contribution in [3.05, 3.63) is 81.8 Å². The van der Waals surface area contributed by atoms with E-state index in [1.807, 2.05) is 0 Å². The molecule has 0 bridgehead atoms. The largest absolute Gasteiger partial charge is 0.456 e. The molecule has 0 fully saturated rings. The number of anilines is 1. The lowest BCUT2D eigenvalue weighted by Crippen LogP contribution is -2.43. The van der Waals surface area contributed by atoms with Gasteiger partial charge in [0.05, 0.1) is 17.6 Å². The maximum absolute atomic E-state index is 13.3. The highest BCUT2D eigenvalue weighted by Crippen LogP contribution is 2.32. The normalized spacial score (nSPS) is 14.1. The lowest BCUT2D eigenvalue weighted by molar-refractivity contribution is -0.146. The first kappa shape index (κ1) is 34.9. The van der Waals surface area contributed by atoms with Crippen LogP contribution in [0.15, 0.2) is 59.8 Å². The van der Waals surface area contributed by atoms with Gasteiger partial charge in [-0.25, -0.2) is 14.4 Å². The number of rotatable bonds is 7. The number of aryl methyl sites for hydroxylation is 1. The topological polar surface area (TPSA) is 178 Å². The molecule has 0 spiro atoms. The van der Waals surface area contributed by atoms with Crippen molar-refractivity contribution in [2.75, 3.05) is 11.5 Å². The Morgan fingerprint density at radius 2 is 1.65 bits per heavy atom. The van der Waals surface area contributed by atoms with Crippen LogP contribution in [-0.4, -0.2) is 71.5 Å². The van der Waals surface area contributed by atoms with Crippen molar-refractivity contribution in [1.82, 2.24) is 29.8 Å². The van der Waals surface area contributed by atoms with Gasteiger partial charge in [-0.05, 0) is 107 Å². The summed E-state index contributed by atoms with van der Waals surface area (Å²) in [7, 11) is 0.